The van der Waals surface area contributed by atoms with Gasteiger partial charge in [-0.25, -0.2) is 0 Å². The first-order valence-corrected chi connectivity index (χ1v) is 10.4. The number of ether oxygens (including phenoxy) is 1. The molecule has 6 nitrogen and oxygen atoms in total. The fraction of sp³-hybridized carbons (Fsp3) is 0.636. The normalized spacial score (nSPS) is 24.4. The molecular weight excluding hydrogens is 354 g/mol. The highest BCUT2D eigenvalue weighted by Crippen LogP contribution is 2.15. The molecule has 2 aliphatic heterocycles. The number of nitrogens with zero attached hydrogens (tertiary/aromatic N) is 2. The van der Waals surface area contributed by atoms with Gasteiger partial charge in [-0.05, 0) is 43.9 Å². The third-order valence-electron chi connectivity index (χ3n) is 5.43. The van der Waals surface area contributed by atoms with Crippen LogP contribution in [0.1, 0.15) is 49.5 Å². The molecule has 1 aromatic carbocycles. The molecule has 2 heterocycles. The average Bonchev–Trinajstić information content (AvgIpc) is 3.04. The molecule has 2 amide bonds. The van der Waals surface area contributed by atoms with Crippen molar-refractivity contribution < 1.29 is 14.3 Å². The maximum absolute atomic E-state index is 12.4. The maximum Gasteiger partial charge on any atom is 0.251 e. The van der Waals surface area contributed by atoms with E-state index in [1.54, 1.807) is 0 Å². The van der Waals surface area contributed by atoms with E-state index in [9.17, 15) is 9.59 Å². The lowest BCUT2D eigenvalue weighted by molar-refractivity contribution is -0.128. The Kier molecular flexibility index (Phi) is 7.08. The van der Waals surface area contributed by atoms with Crippen LogP contribution in [0.5, 0.6) is 0 Å². The van der Waals surface area contributed by atoms with E-state index in [4.69, 9.17) is 4.74 Å². The van der Waals surface area contributed by atoms with Crippen molar-refractivity contribution in [3.05, 3.63) is 35.4 Å². The average molecular weight is 388 g/mol. The summed E-state index contributed by atoms with van der Waals surface area (Å²) in [5.74, 6) is 0.424. The molecule has 0 unspecified atom stereocenters. The summed E-state index contributed by atoms with van der Waals surface area (Å²) in [7, 11) is 0. The van der Waals surface area contributed by atoms with E-state index in [-0.39, 0.29) is 29.9 Å². The van der Waals surface area contributed by atoms with Crippen molar-refractivity contribution in [2.75, 3.05) is 32.7 Å². The van der Waals surface area contributed by atoms with Gasteiger partial charge in [0.2, 0.25) is 5.91 Å². The van der Waals surface area contributed by atoms with E-state index < -0.39 is 0 Å². The van der Waals surface area contributed by atoms with Crippen molar-refractivity contribution in [3.63, 3.8) is 0 Å². The predicted octanol–water partition coefficient (Wildman–Crippen LogP) is 2.28. The van der Waals surface area contributed by atoms with Crippen LogP contribution in [0.3, 0.4) is 0 Å². The lowest BCUT2D eigenvalue weighted by atomic mass is 10.1. The monoisotopic (exact) mass is 387 g/mol. The molecule has 2 fully saturated rings. The molecule has 0 radical (unpaired) electrons. The quantitative estimate of drug-likeness (QED) is 0.780. The molecule has 0 saturated carbocycles. The second kappa shape index (κ2) is 9.52. The Morgan fingerprint density at radius 1 is 1.21 bits per heavy atom. The molecule has 0 aromatic heterocycles. The van der Waals surface area contributed by atoms with Crippen LogP contribution in [-0.4, -0.2) is 66.5 Å². The Labute approximate surface area is 168 Å². The van der Waals surface area contributed by atoms with Gasteiger partial charge in [-0.1, -0.05) is 19.1 Å². The van der Waals surface area contributed by atoms with Crippen LogP contribution in [0.15, 0.2) is 24.3 Å². The van der Waals surface area contributed by atoms with Gasteiger partial charge in [0.05, 0.1) is 12.2 Å². The highest BCUT2D eigenvalue weighted by molar-refractivity contribution is 5.94. The van der Waals surface area contributed by atoms with Gasteiger partial charge in [-0.2, -0.15) is 0 Å². The standard InChI is InChI=1S/C22H33N3O3/c1-16(12-25-10-4-5-21(25)26)11-23-22(27)20-8-6-19(7-9-20)15-24-13-17(2)28-18(3)14-24/h6-9,16-18H,4-5,10-15H2,1-3H3,(H,23,27)/t16-,17-,18+/m1/s1. The fourth-order valence-electron chi connectivity index (χ4n) is 4.14. The number of morpholine rings is 1. The molecular formula is C22H33N3O3. The molecule has 1 aromatic rings. The van der Waals surface area contributed by atoms with Gasteiger partial charge in [-0.15, -0.1) is 0 Å². The minimum Gasteiger partial charge on any atom is -0.373 e. The van der Waals surface area contributed by atoms with Gasteiger partial charge in [0, 0.05) is 51.3 Å². The third kappa shape index (κ3) is 5.79. The van der Waals surface area contributed by atoms with Crippen LogP contribution in [0, 0.1) is 5.92 Å². The number of hydrogen-bond donors (Lipinski definition) is 1. The van der Waals surface area contributed by atoms with Crippen molar-refractivity contribution in [2.45, 2.75) is 52.4 Å². The summed E-state index contributed by atoms with van der Waals surface area (Å²) in [6.45, 7) is 11.2. The summed E-state index contributed by atoms with van der Waals surface area (Å²) in [6.07, 6.45) is 2.12. The summed E-state index contributed by atoms with van der Waals surface area (Å²) < 4.78 is 5.78. The van der Waals surface area contributed by atoms with E-state index >= 15 is 0 Å². The molecule has 3 rings (SSSR count). The third-order valence-corrected chi connectivity index (χ3v) is 5.43. The van der Waals surface area contributed by atoms with E-state index in [1.807, 2.05) is 29.2 Å². The van der Waals surface area contributed by atoms with E-state index in [0.29, 0.717) is 25.1 Å². The summed E-state index contributed by atoms with van der Waals surface area (Å²) in [4.78, 5) is 28.4. The highest BCUT2D eigenvalue weighted by Gasteiger charge is 2.23. The van der Waals surface area contributed by atoms with E-state index in [2.05, 4.69) is 31.0 Å². The molecule has 3 atom stereocenters. The van der Waals surface area contributed by atoms with Crippen LogP contribution in [0.25, 0.3) is 0 Å². The van der Waals surface area contributed by atoms with Gasteiger partial charge < -0.3 is 15.0 Å². The molecule has 0 aliphatic carbocycles. The molecule has 2 saturated heterocycles. The minimum absolute atomic E-state index is 0.0558. The van der Waals surface area contributed by atoms with Gasteiger partial charge >= 0.3 is 0 Å². The largest absolute Gasteiger partial charge is 0.373 e. The van der Waals surface area contributed by atoms with E-state index in [1.165, 1.54) is 5.56 Å². The van der Waals surface area contributed by atoms with Gasteiger partial charge in [0.1, 0.15) is 0 Å². The van der Waals surface area contributed by atoms with Gasteiger partial charge in [-0.3, -0.25) is 14.5 Å². The molecule has 1 N–H and O–H groups in total. The first-order valence-electron chi connectivity index (χ1n) is 10.4. The number of carbonyl (C=O) groups excluding carboxylic acids is 2. The Balaban J connectivity index is 1.44. The SMILES string of the molecule is C[C@H](CNC(=O)c1ccc(CN2C[C@@H](C)O[C@@H](C)C2)cc1)CN1CCCC1=O. The smallest absolute Gasteiger partial charge is 0.251 e. The van der Waals surface area contributed by atoms with Gasteiger partial charge in [0.15, 0.2) is 0 Å². The Hall–Kier alpha value is -1.92. The number of nitrogens with one attached hydrogen (secondary N) is 1. The van der Waals surface area contributed by atoms with Crippen LogP contribution in [0.2, 0.25) is 0 Å². The van der Waals surface area contributed by atoms with Crippen molar-refractivity contribution in [3.8, 4) is 0 Å². The first-order chi connectivity index (χ1) is 13.4. The van der Waals surface area contributed by atoms with Gasteiger partial charge in [0.25, 0.3) is 5.91 Å². The number of amides is 2. The van der Waals surface area contributed by atoms with Crippen LogP contribution >= 0.6 is 0 Å². The van der Waals surface area contributed by atoms with Crippen molar-refractivity contribution in [2.24, 2.45) is 5.92 Å². The molecule has 28 heavy (non-hydrogen) atoms. The number of hydrogen-bond acceptors (Lipinski definition) is 4. The first kappa shape index (κ1) is 20.8. The molecule has 0 spiro atoms. The second-order valence-electron chi connectivity index (χ2n) is 8.41. The molecule has 0 bridgehead atoms. The number of benzene rings is 1. The second-order valence-corrected chi connectivity index (χ2v) is 8.41. The van der Waals surface area contributed by atoms with E-state index in [0.717, 1.165) is 32.6 Å². The lowest BCUT2D eigenvalue weighted by Gasteiger charge is -2.35. The number of likely N-dealkylation sites (tertiary alicyclic amines) is 1. The predicted molar refractivity (Wildman–Crippen MR) is 109 cm³/mol. The summed E-state index contributed by atoms with van der Waals surface area (Å²) >= 11 is 0. The van der Waals surface area contributed by atoms with Crippen molar-refractivity contribution in [1.82, 2.24) is 15.1 Å². The van der Waals surface area contributed by atoms with Crippen LogP contribution in [-0.2, 0) is 16.1 Å². The topological polar surface area (TPSA) is 61.9 Å². The summed E-state index contributed by atoms with van der Waals surface area (Å²) in [5.41, 5.74) is 1.88. The maximum atomic E-state index is 12.4. The fourth-order valence-corrected chi connectivity index (χ4v) is 4.14. The Morgan fingerprint density at radius 2 is 1.89 bits per heavy atom. The Bertz CT molecular complexity index is 666. The zero-order valence-electron chi connectivity index (χ0n) is 17.3. The zero-order chi connectivity index (χ0) is 20.1. The van der Waals surface area contributed by atoms with Crippen LogP contribution in [0.4, 0.5) is 0 Å². The van der Waals surface area contributed by atoms with Crippen molar-refractivity contribution >= 4 is 11.8 Å². The zero-order valence-corrected chi connectivity index (χ0v) is 17.3. The lowest BCUT2D eigenvalue weighted by Crippen LogP contribution is -2.44. The van der Waals surface area contributed by atoms with Crippen LogP contribution < -0.4 is 5.32 Å². The number of rotatable bonds is 7. The Morgan fingerprint density at radius 3 is 2.50 bits per heavy atom. The highest BCUT2D eigenvalue weighted by atomic mass is 16.5. The molecule has 6 heteroatoms. The number of carbonyl (C=O) groups is 2. The minimum atomic E-state index is -0.0558. The summed E-state index contributed by atoms with van der Waals surface area (Å²) in [6, 6.07) is 7.86. The van der Waals surface area contributed by atoms with Crippen molar-refractivity contribution in [1.29, 1.82) is 0 Å². The summed E-state index contributed by atoms with van der Waals surface area (Å²) in [5, 5.41) is 3.00. The molecule has 154 valence electrons. The molecule has 2 aliphatic rings.